The van der Waals surface area contributed by atoms with Crippen molar-refractivity contribution in [3.8, 4) is 0 Å². The van der Waals surface area contributed by atoms with Gasteiger partial charge >= 0.3 is 0 Å². The van der Waals surface area contributed by atoms with E-state index in [4.69, 9.17) is 0 Å². The summed E-state index contributed by atoms with van der Waals surface area (Å²) in [5.41, 5.74) is 1.41. The van der Waals surface area contributed by atoms with Crippen LogP contribution in [0.2, 0.25) is 0 Å². The molecule has 0 aromatic heterocycles. The summed E-state index contributed by atoms with van der Waals surface area (Å²) in [6.07, 6.45) is 8.52. The van der Waals surface area contributed by atoms with E-state index in [1.807, 2.05) is 0 Å². The number of hydrogen-bond acceptors (Lipinski definition) is 3. The van der Waals surface area contributed by atoms with Crippen LogP contribution in [0.3, 0.4) is 0 Å². The number of imide groups is 1. The molecule has 1 atom stereocenters. The third-order valence-corrected chi connectivity index (χ3v) is 7.79. The summed E-state index contributed by atoms with van der Waals surface area (Å²) in [7, 11) is 0. The highest BCUT2D eigenvalue weighted by molar-refractivity contribution is 6.19. The average molecular weight is 380 g/mol. The van der Waals surface area contributed by atoms with Crippen molar-refractivity contribution in [2.45, 2.75) is 64.3 Å². The fraction of sp³-hybridized carbons (Fsp3) is 0.609. The molecule has 5 heteroatoms. The van der Waals surface area contributed by atoms with Crippen LogP contribution in [-0.2, 0) is 9.59 Å². The molecule has 4 bridgehead atoms. The van der Waals surface area contributed by atoms with Gasteiger partial charge in [0.1, 0.15) is 0 Å². The predicted molar refractivity (Wildman–Crippen MR) is 106 cm³/mol. The number of nitrogens with one attached hydrogen (secondary N) is 1. The van der Waals surface area contributed by atoms with E-state index < -0.39 is 0 Å². The Morgan fingerprint density at radius 3 is 1.96 bits per heavy atom. The van der Waals surface area contributed by atoms with Crippen LogP contribution in [0.5, 0.6) is 0 Å². The van der Waals surface area contributed by atoms with Gasteiger partial charge in [0, 0.05) is 24.4 Å². The zero-order valence-corrected chi connectivity index (χ0v) is 16.4. The van der Waals surface area contributed by atoms with Gasteiger partial charge < -0.3 is 5.32 Å². The van der Waals surface area contributed by atoms with E-state index in [1.54, 1.807) is 24.3 Å². The first-order chi connectivity index (χ1) is 13.4. The first-order valence-corrected chi connectivity index (χ1v) is 10.7. The van der Waals surface area contributed by atoms with Crippen molar-refractivity contribution in [1.82, 2.24) is 5.32 Å². The molecule has 1 saturated heterocycles. The summed E-state index contributed by atoms with van der Waals surface area (Å²) in [5.74, 6) is 2.19. The first-order valence-electron chi connectivity index (χ1n) is 10.7. The van der Waals surface area contributed by atoms with Crippen molar-refractivity contribution in [2.75, 3.05) is 4.90 Å². The molecular formula is C23H28N2O3. The fourth-order valence-electron chi connectivity index (χ4n) is 6.77. The molecule has 6 rings (SSSR count). The summed E-state index contributed by atoms with van der Waals surface area (Å²) in [5, 5.41) is 3.27. The van der Waals surface area contributed by atoms with Gasteiger partial charge in [-0.25, -0.2) is 0 Å². The molecule has 1 aliphatic heterocycles. The van der Waals surface area contributed by atoms with Crippen molar-refractivity contribution in [1.29, 1.82) is 0 Å². The van der Waals surface area contributed by atoms with Gasteiger partial charge in [-0.15, -0.1) is 0 Å². The number of rotatable bonds is 4. The van der Waals surface area contributed by atoms with Gasteiger partial charge in [-0.05, 0) is 92.9 Å². The fourth-order valence-corrected chi connectivity index (χ4v) is 6.77. The Labute approximate surface area is 165 Å². The molecule has 5 fully saturated rings. The van der Waals surface area contributed by atoms with Crippen LogP contribution in [0.1, 0.15) is 68.6 Å². The maximum Gasteiger partial charge on any atom is 0.251 e. The lowest BCUT2D eigenvalue weighted by molar-refractivity contribution is -0.121. The Morgan fingerprint density at radius 1 is 0.964 bits per heavy atom. The predicted octanol–water partition coefficient (Wildman–Crippen LogP) is 3.67. The molecule has 4 aliphatic carbocycles. The summed E-state index contributed by atoms with van der Waals surface area (Å²) in [4.78, 5) is 37.8. The maximum absolute atomic E-state index is 12.9. The number of carbonyl (C=O) groups is 3. The first kappa shape index (κ1) is 17.9. The molecule has 1 heterocycles. The van der Waals surface area contributed by atoms with Crippen LogP contribution < -0.4 is 10.2 Å². The molecule has 3 amide bonds. The van der Waals surface area contributed by atoms with E-state index in [0.29, 0.717) is 11.3 Å². The van der Waals surface area contributed by atoms with Gasteiger partial charge in [-0.1, -0.05) is 0 Å². The Hall–Kier alpha value is -2.17. The van der Waals surface area contributed by atoms with Gasteiger partial charge in [-0.2, -0.15) is 0 Å². The smallest absolute Gasteiger partial charge is 0.251 e. The number of anilines is 1. The lowest BCUT2D eigenvalue weighted by Gasteiger charge is -2.59. The van der Waals surface area contributed by atoms with Crippen molar-refractivity contribution >= 4 is 23.4 Å². The molecule has 1 aromatic carbocycles. The quantitative estimate of drug-likeness (QED) is 0.811. The summed E-state index contributed by atoms with van der Waals surface area (Å²) >= 11 is 0. The van der Waals surface area contributed by atoms with E-state index in [1.165, 1.54) is 43.4 Å². The van der Waals surface area contributed by atoms with Gasteiger partial charge in [0.15, 0.2) is 0 Å². The van der Waals surface area contributed by atoms with Gasteiger partial charge in [0.2, 0.25) is 11.8 Å². The van der Waals surface area contributed by atoms with Gasteiger partial charge in [-0.3, -0.25) is 19.3 Å². The third-order valence-electron chi connectivity index (χ3n) is 7.79. The van der Waals surface area contributed by atoms with Crippen LogP contribution in [0.25, 0.3) is 0 Å². The normalized spacial score (nSPS) is 34.8. The number of benzene rings is 1. The summed E-state index contributed by atoms with van der Waals surface area (Å²) < 4.78 is 0. The van der Waals surface area contributed by atoms with Crippen LogP contribution in [0, 0.1) is 23.2 Å². The molecule has 148 valence electrons. The number of nitrogens with zero attached hydrogens (tertiary/aromatic N) is 1. The second-order valence-electron chi connectivity index (χ2n) is 9.64. The van der Waals surface area contributed by atoms with Crippen molar-refractivity contribution in [3.05, 3.63) is 29.8 Å². The van der Waals surface area contributed by atoms with E-state index >= 15 is 0 Å². The molecular weight excluding hydrogens is 352 g/mol. The monoisotopic (exact) mass is 380 g/mol. The summed E-state index contributed by atoms with van der Waals surface area (Å²) in [6, 6.07) is 7.01. The second kappa shape index (κ2) is 6.43. The highest BCUT2D eigenvalue weighted by Crippen LogP contribution is 2.61. The van der Waals surface area contributed by atoms with Crippen LogP contribution >= 0.6 is 0 Å². The zero-order valence-electron chi connectivity index (χ0n) is 16.4. The van der Waals surface area contributed by atoms with Crippen molar-refractivity contribution in [3.63, 3.8) is 0 Å². The standard InChI is InChI=1S/C23H28N2O3/c1-14(23-11-15-8-16(12-23)10-17(9-15)13-23)24-22(28)18-2-4-19(5-3-18)25-20(26)6-7-21(25)27/h2-5,14-17H,6-13H2,1H3,(H,24,28)/t14-,15?,16?,17?,23?/m0/s1. The highest BCUT2D eigenvalue weighted by atomic mass is 16.2. The molecule has 1 aromatic rings. The highest BCUT2D eigenvalue weighted by Gasteiger charge is 2.53. The second-order valence-corrected chi connectivity index (χ2v) is 9.64. The zero-order chi connectivity index (χ0) is 19.5. The van der Waals surface area contributed by atoms with E-state index in [9.17, 15) is 14.4 Å². The number of hydrogen-bond donors (Lipinski definition) is 1. The Morgan fingerprint density at radius 2 is 1.46 bits per heavy atom. The molecule has 5 aliphatic rings. The van der Waals surface area contributed by atoms with E-state index in [-0.39, 0.29) is 42.0 Å². The minimum Gasteiger partial charge on any atom is -0.349 e. The summed E-state index contributed by atoms with van der Waals surface area (Å²) in [6.45, 7) is 2.18. The largest absolute Gasteiger partial charge is 0.349 e. The van der Waals surface area contributed by atoms with E-state index in [2.05, 4.69) is 12.2 Å². The molecule has 0 unspecified atom stereocenters. The molecule has 28 heavy (non-hydrogen) atoms. The SMILES string of the molecule is C[C@H](NC(=O)c1ccc(N2C(=O)CCC2=O)cc1)C12CC3CC(CC(C3)C1)C2. The van der Waals surface area contributed by atoms with Crippen LogP contribution in [0.15, 0.2) is 24.3 Å². The lowest BCUT2D eigenvalue weighted by Crippen LogP contribution is -2.55. The minimum atomic E-state index is -0.169. The van der Waals surface area contributed by atoms with Gasteiger partial charge in [0.05, 0.1) is 5.69 Å². The Bertz CT molecular complexity index is 777. The van der Waals surface area contributed by atoms with Gasteiger partial charge in [0.25, 0.3) is 5.91 Å². The number of carbonyl (C=O) groups excluding carboxylic acids is 3. The molecule has 4 saturated carbocycles. The molecule has 0 radical (unpaired) electrons. The molecule has 0 spiro atoms. The average Bonchev–Trinajstić information content (AvgIpc) is 2.99. The van der Waals surface area contributed by atoms with Crippen LogP contribution in [0.4, 0.5) is 5.69 Å². The van der Waals surface area contributed by atoms with E-state index in [0.717, 1.165) is 17.8 Å². The van der Waals surface area contributed by atoms with Crippen molar-refractivity contribution < 1.29 is 14.4 Å². The topological polar surface area (TPSA) is 66.5 Å². The minimum absolute atomic E-state index is 0.0612. The number of amides is 3. The van der Waals surface area contributed by atoms with Crippen LogP contribution in [-0.4, -0.2) is 23.8 Å². The molecule has 1 N–H and O–H groups in total. The lowest BCUT2D eigenvalue weighted by atomic mass is 9.48. The Kier molecular flexibility index (Phi) is 4.11. The van der Waals surface area contributed by atoms with Crippen molar-refractivity contribution in [2.24, 2.45) is 23.2 Å². The third kappa shape index (κ3) is 2.87. The molecule has 5 nitrogen and oxygen atoms in total. The maximum atomic E-state index is 12.9. The Balaban J connectivity index is 1.28.